The van der Waals surface area contributed by atoms with Crippen LogP contribution in [0.5, 0.6) is 0 Å². The van der Waals surface area contributed by atoms with Gasteiger partial charge in [-0.15, -0.1) is 0 Å². The first-order chi connectivity index (χ1) is 12.9. The van der Waals surface area contributed by atoms with Gasteiger partial charge in [0.25, 0.3) is 0 Å². The number of hydrogen-bond acceptors (Lipinski definition) is 0. The molecule has 0 aliphatic heterocycles. The summed E-state index contributed by atoms with van der Waals surface area (Å²) in [6.45, 7) is 0. The molecule has 0 unspecified atom stereocenters. The summed E-state index contributed by atoms with van der Waals surface area (Å²) in [7, 11) is 0. The molecular formula is C26H22Pt. The van der Waals surface area contributed by atoms with E-state index in [9.17, 15) is 0 Å². The predicted molar refractivity (Wildman–Crippen MR) is 109 cm³/mol. The Morgan fingerprint density at radius 3 is 1.04 bits per heavy atom. The first-order valence-corrected chi connectivity index (χ1v) is 8.88. The largest absolute Gasteiger partial charge is 2.00 e. The van der Waals surface area contributed by atoms with Crippen LogP contribution in [-0.2, 0) is 33.9 Å². The molecule has 0 fully saturated rings. The molecule has 0 aliphatic rings. The maximum Gasteiger partial charge on any atom is 2.00 e. The van der Waals surface area contributed by atoms with E-state index in [1.807, 2.05) is 36.4 Å². The van der Waals surface area contributed by atoms with Gasteiger partial charge < -0.3 is 0 Å². The van der Waals surface area contributed by atoms with Gasteiger partial charge in [0, 0.05) is 0 Å². The molecule has 4 rings (SSSR count). The van der Waals surface area contributed by atoms with E-state index in [2.05, 4.69) is 84.9 Å². The molecule has 136 valence electrons. The monoisotopic (exact) mass is 529 g/mol. The van der Waals surface area contributed by atoms with E-state index < -0.39 is 0 Å². The SMILES string of the molecule is [Pt+2].[c-]1ccc(Cc2ccccc2)cc1.[c-]1ccc(Cc2ccccc2)cc1. The van der Waals surface area contributed by atoms with Crippen molar-refractivity contribution in [3.63, 3.8) is 0 Å². The number of hydrogen-bond donors (Lipinski definition) is 0. The molecule has 4 aromatic carbocycles. The first kappa shape index (κ1) is 20.9. The van der Waals surface area contributed by atoms with Crippen LogP contribution < -0.4 is 0 Å². The van der Waals surface area contributed by atoms with E-state index in [0.29, 0.717) is 0 Å². The second-order valence-corrected chi connectivity index (χ2v) is 6.14. The molecule has 4 aromatic rings. The van der Waals surface area contributed by atoms with Gasteiger partial charge in [-0.3, -0.25) is 0 Å². The van der Waals surface area contributed by atoms with Crippen LogP contribution >= 0.6 is 0 Å². The smallest absolute Gasteiger partial charge is 0.184 e. The summed E-state index contributed by atoms with van der Waals surface area (Å²) in [5.74, 6) is 0. The third-order valence-corrected chi connectivity index (χ3v) is 4.08. The summed E-state index contributed by atoms with van der Waals surface area (Å²) in [5, 5.41) is 0. The van der Waals surface area contributed by atoms with Gasteiger partial charge >= 0.3 is 21.1 Å². The van der Waals surface area contributed by atoms with Gasteiger partial charge in [0.05, 0.1) is 0 Å². The van der Waals surface area contributed by atoms with Gasteiger partial charge in [0.15, 0.2) is 0 Å². The Bertz CT molecular complexity index is 705. The van der Waals surface area contributed by atoms with Crippen molar-refractivity contribution in [2.75, 3.05) is 0 Å². The maximum absolute atomic E-state index is 3.02. The minimum atomic E-state index is 0. The number of rotatable bonds is 4. The summed E-state index contributed by atoms with van der Waals surface area (Å²) in [4.78, 5) is 0. The average Bonchev–Trinajstić information content (AvgIpc) is 2.72. The Morgan fingerprint density at radius 1 is 0.407 bits per heavy atom. The second-order valence-electron chi connectivity index (χ2n) is 6.14. The van der Waals surface area contributed by atoms with Crippen molar-refractivity contribution in [1.82, 2.24) is 0 Å². The van der Waals surface area contributed by atoms with E-state index in [4.69, 9.17) is 0 Å². The molecule has 0 saturated carbocycles. The van der Waals surface area contributed by atoms with Crippen molar-refractivity contribution < 1.29 is 21.1 Å². The molecule has 0 heterocycles. The normalized spacial score (nSPS) is 9.48. The van der Waals surface area contributed by atoms with E-state index in [1.165, 1.54) is 22.3 Å². The average molecular weight is 530 g/mol. The fourth-order valence-corrected chi connectivity index (χ4v) is 2.74. The molecule has 0 N–H and O–H groups in total. The van der Waals surface area contributed by atoms with Crippen molar-refractivity contribution in [1.29, 1.82) is 0 Å². The quantitative estimate of drug-likeness (QED) is 0.278. The zero-order valence-corrected chi connectivity index (χ0v) is 17.4. The zero-order valence-electron chi connectivity index (χ0n) is 15.1. The Morgan fingerprint density at radius 2 is 0.704 bits per heavy atom. The minimum absolute atomic E-state index is 0. The standard InChI is InChI=1S/2C13H11.Pt/c2*1-3-7-12(8-4-1)11-13-9-5-2-6-10-13;/h2*1,3-10H,11H2;/q2*-1;+2. The molecule has 0 aromatic heterocycles. The van der Waals surface area contributed by atoms with Crippen molar-refractivity contribution in [3.8, 4) is 0 Å². The zero-order chi connectivity index (χ0) is 17.9. The Hall–Kier alpha value is -2.43. The van der Waals surface area contributed by atoms with Crippen LogP contribution in [0.25, 0.3) is 0 Å². The van der Waals surface area contributed by atoms with Crippen LogP contribution in [0, 0.1) is 12.1 Å². The van der Waals surface area contributed by atoms with E-state index in [0.717, 1.165) is 12.8 Å². The molecule has 0 spiro atoms. The summed E-state index contributed by atoms with van der Waals surface area (Å²) >= 11 is 0. The van der Waals surface area contributed by atoms with Gasteiger partial charge in [-0.2, -0.15) is 71.8 Å². The third-order valence-electron chi connectivity index (χ3n) is 4.08. The van der Waals surface area contributed by atoms with Crippen LogP contribution in [0.1, 0.15) is 22.3 Å². The van der Waals surface area contributed by atoms with Crippen LogP contribution in [0.2, 0.25) is 0 Å². The van der Waals surface area contributed by atoms with E-state index in [-0.39, 0.29) is 21.1 Å². The topological polar surface area (TPSA) is 0 Å². The van der Waals surface area contributed by atoms with Gasteiger partial charge in [0.2, 0.25) is 0 Å². The summed E-state index contributed by atoms with van der Waals surface area (Å²) < 4.78 is 0. The molecule has 0 aliphatic carbocycles. The Kier molecular flexibility index (Phi) is 9.31. The number of benzene rings is 4. The summed E-state index contributed by atoms with van der Waals surface area (Å²) in [5.41, 5.74) is 5.39. The van der Waals surface area contributed by atoms with Gasteiger partial charge in [-0.1, -0.05) is 60.7 Å². The van der Waals surface area contributed by atoms with Crippen molar-refractivity contribution in [2.45, 2.75) is 12.8 Å². The fraction of sp³-hybridized carbons (Fsp3) is 0.0769. The summed E-state index contributed by atoms with van der Waals surface area (Å²) in [6, 6.07) is 43.3. The molecule has 0 nitrogen and oxygen atoms in total. The van der Waals surface area contributed by atoms with Crippen LogP contribution in [-0.4, -0.2) is 0 Å². The summed E-state index contributed by atoms with van der Waals surface area (Å²) in [6.07, 6.45) is 2.02. The molecule has 0 bridgehead atoms. The molecule has 0 radical (unpaired) electrons. The van der Waals surface area contributed by atoms with Crippen LogP contribution in [0.3, 0.4) is 0 Å². The molecule has 0 saturated heterocycles. The molecule has 27 heavy (non-hydrogen) atoms. The second kappa shape index (κ2) is 12.0. The van der Waals surface area contributed by atoms with Gasteiger partial charge in [-0.25, -0.2) is 0 Å². The molecule has 1 heteroatoms. The molecule has 0 atom stereocenters. The first-order valence-electron chi connectivity index (χ1n) is 8.88. The van der Waals surface area contributed by atoms with Crippen molar-refractivity contribution >= 4 is 0 Å². The molecule has 0 amide bonds. The van der Waals surface area contributed by atoms with Gasteiger partial charge in [-0.05, 0) is 24.0 Å². The van der Waals surface area contributed by atoms with Crippen molar-refractivity contribution in [3.05, 3.63) is 144 Å². The Balaban J connectivity index is 0.000000187. The Labute approximate surface area is 177 Å². The van der Waals surface area contributed by atoms with E-state index in [1.54, 1.807) is 0 Å². The van der Waals surface area contributed by atoms with Crippen molar-refractivity contribution in [2.24, 2.45) is 0 Å². The van der Waals surface area contributed by atoms with E-state index >= 15 is 0 Å². The third kappa shape index (κ3) is 7.77. The molecular weight excluding hydrogens is 507 g/mol. The van der Waals surface area contributed by atoms with Crippen LogP contribution in [0.4, 0.5) is 0 Å². The predicted octanol–water partition coefficient (Wildman–Crippen LogP) is 6.15. The minimum Gasteiger partial charge on any atom is -0.184 e. The van der Waals surface area contributed by atoms with Gasteiger partial charge in [0.1, 0.15) is 0 Å². The maximum atomic E-state index is 3.02. The fourth-order valence-electron chi connectivity index (χ4n) is 2.74. The van der Waals surface area contributed by atoms with Crippen LogP contribution in [0.15, 0.2) is 109 Å².